The minimum Gasteiger partial charge on any atom is -0.307 e. The Kier molecular flexibility index (Phi) is 5.27. The molecule has 0 spiro atoms. The Morgan fingerprint density at radius 3 is 2.44 bits per heavy atom. The summed E-state index contributed by atoms with van der Waals surface area (Å²) in [6.45, 7) is 4.84. The first-order chi connectivity index (χ1) is 11.8. The molecule has 0 saturated heterocycles. The van der Waals surface area contributed by atoms with Crippen LogP contribution in [0.25, 0.3) is 0 Å². The summed E-state index contributed by atoms with van der Waals surface area (Å²) in [5.41, 5.74) is 1.28. The Morgan fingerprint density at radius 1 is 1.16 bits per heavy atom. The first-order valence-corrected chi connectivity index (χ1v) is 9.27. The van der Waals surface area contributed by atoms with E-state index in [1.54, 1.807) is 53.1 Å². The average molecular weight is 394 g/mol. The normalized spacial score (nSPS) is 15.6. The summed E-state index contributed by atoms with van der Waals surface area (Å²) in [6, 6.07) is 13.9. The van der Waals surface area contributed by atoms with Crippen LogP contribution in [0.5, 0.6) is 0 Å². The van der Waals surface area contributed by atoms with Crippen molar-refractivity contribution in [1.82, 2.24) is 0 Å². The minimum absolute atomic E-state index is 0.0531. The number of amides is 2. The van der Waals surface area contributed by atoms with Crippen molar-refractivity contribution in [2.45, 2.75) is 18.6 Å². The minimum atomic E-state index is -0.312. The van der Waals surface area contributed by atoms with Gasteiger partial charge in [0.2, 0.25) is 0 Å². The number of carbonyl (C=O) groups is 1. The van der Waals surface area contributed by atoms with E-state index in [9.17, 15) is 4.79 Å². The maximum atomic E-state index is 13.0. The first kappa shape index (κ1) is 18.1. The van der Waals surface area contributed by atoms with Crippen molar-refractivity contribution in [2.75, 3.05) is 16.8 Å². The summed E-state index contributed by atoms with van der Waals surface area (Å²) in [5, 5.41) is 4.63. The molecule has 1 aliphatic rings. The molecule has 2 aromatic rings. The molecule has 7 heteroatoms. The van der Waals surface area contributed by atoms with Crippen molar-refractivity contribution >= 4 is 57.5 Å². The van der Waals surface area contributed by atoms with Crippen LogP contribution in [-0.2, 0) is 0 Å². The highest BCUT2D eigenvalue weighted by Crippen LogP contribution is 2.36. The van der Waals surface area contributed by atoms with E-state index in [-0.39, 0.29) is 10.8 Å². The van der Waals surface area contributed by atoms with Gasteiger partial charge in [0.15, 0.2) is 5.17 Å². The first-order valence-electron chi connectivity index (χ1n) is 7.70. The van der Waals surface area contributed by atoms with Crippen LogP contribution in [0.15, 0.2) is 53.5 Å². The number of carbonyl (C=O) groups excluding carboxylic acids is 1. The van der Waals surface area contributed by atoms with Gasteiger partial charge in [0, 0.05) is 20.5 Å². The van der Waals surface area contributed by atoms with Crippen LogP contribution in [0, 0.1) is 0 Å². The summed E-state index contributed by atoms with van der Waals surface area (Å²) >= 11 is 13.7. The van der Waals surface area contributed by atoms with Crippen molar-refractivity contribution in [3.8, 4) is 0 Å². The highest BCUT2D eigenvalue weighted by molar-refractivity contribution is 8.15. The Bertz CT molecular complexity index is 839. The number of thioether (sulfide) groups is 1. The van der Waals surface area contributed by atoms with Crippen molar-refractivity contribution in [3.05, 3.63) is 58.6 Å². The molecule has 0 saturated carbocycles. The molecule has 1 N–H and O–H groups in total. The van der Waals surface area contributed by atoms with Crippen molar-refractivity contribution in [3.63, 3.8) is 0 Å². The number of halogens is 2. The van der Waals surface area contributed by atoms with Gasteiger partial charge in [0.1, 0.15) is 0 Å². The summed E-state index contributed by atoms with van der Waals surface area (Å²) in [7, 11) is 0. The highest BCUT2D eigenvalue weighted by atomic mass is 35.5. The second-order valence-electron chi connectivity index (χ2n) is 6.22. The fourth-order valence-electron chi connectivity index (χ4n) is 2.36. The third-order valence-corrected chi connectivity index (χ3v) is 5.15. The van der Waals surface area contributed by atoms with Crippen LogP contribution in [0.3, 0.4) is 0 Å². The van der Waals surface area contributed by atoms with Gasteiger partial charge in [-0.2, -0.15) is 0 Å². The van der Waals surface area contributed by atoms with Gasteiger partial charge in [-0.25, -0.2) is 9.69 Å². The molecule has 2 aromatic carbocycles. The monoisotopic (exact) mass is 393 g/mol. The van der Waals surface area contributed by atoms with Crippen LogP contribution in [-0.4, -0.2) is 22.5 Å². The fraction of sp³-hybridized carbons (Fsp3) is 0.222. The van der Waals surface area contributed by atoms with Crippen LogP contribution >= 0.6 is 35.0 Å². The van der Waals surface area contributed by atoms with E-state index in [0.29, 0.717) is 33.1 Å². The van der Waals surface area contributed by atoms with Crippen molar-refractivity contribution < 1.29 is 4.79 Å². The van der Waals surface area contributed by atoms with E-state index in [1.165, 1.54) is 0 Å². The molecule has 1 aliphatic heterocycles. The van der Waals surface area contributed by atoms with E-state index in [1.807, 2.05) is 12.1 Å². The lowest BCUT2D eigenvalue weighted by molar-refractivity contribution is 0.259. The molecule has 0 bridgehead atoms. The summed E-state index contributed by atoms with van der Waals surface area (Å²) in [5.74, 6) is 0. The van der Waals surface area contributed by atoms with Gasteiger partial charge in [-0.05, 0) is 50.2 Å². The van der Waals surface area contributed by atoms with Gasteiger partial charge < -0.3 is 5.32 Å². The van der Waals surface area contributed by atoms with Gasteiger partial charge in [-0.1, -0.05) is 47.1 Å². The molecular weight excluding hydrogens is 377 g/mol. The highest BCUT2D eigenvalue weighted by Gasteiger charge is 2.33. The zero-order valence-electron chi connectivity index (χ0n) is 13.8. The lowest BCUT2D eigenvalue weighted by Gasteiger charge is -2.24. The number of amidine groups is 1. The van der Waals surface area contributed by atoms with E-state index >= 15 is 0 Å². The Morgan fingerprint density at radius 2 is 1.84 bits per heavy atom. The molecule has 130 valence electrons. The lowest BCUT2D eigenvalue weighted by atomic mass is 10.2. The molecule has 0 atom stereocenters. The number of nitrogens with one attached hydrogen (secondary N) is 1. The van der Waals surface area contributed by atoms with Crippen LogP contribution < -0.4 is 10.2 Å². The van der Waals surface area contributed by atoms with Gasteiger partial charge >= 0.3 is 6.03 Å². The molecule has 1 heterocycles. The third-order valence-electron chi connectivity index (χ3n) is 3.50. The Balaban J connectivity index is 1.92. The van der Waals surface area contributed by atoms with Crippen LogP contribution in [0.2, 0.25) is 10.0 Å². The number of aliphatic imine (C=N–C) groups is 1. The smallest absolute Gasteiger partial charge is 0.307 e. The molecule has 0 aliphatic carbocycles. The van der Waals surface area contributed by atoms with Gasteiger partial charge in [0.05, 0.1) is 12.2 Å². The number of nitrogens with zero attached hydrogens (tertiary/aromatic N) is 2. The molecule has 3 rings (SSSR count). The van der Waals surface area contributed by atoms with Gasteiger partial charge in [-0.15, -0.1) is 0 Å². The zero-order valence-corrected chi connectivity index (χ0v) is 16.1. The molecule has 25 heavy (non-hydrogen) atoms. The van der Waals surface area contributed by atoms with Gasteiger partial charge in [-0.3, -0.25) is 4.99 Å². The molecule has 0 aromatic heterocycles. The maximum Gasteiger partial charge on any atom is 0.332 e. The second kappa shape index (κ2) is 7.28. The fourth-order valence-corrected chi connectivity index (χ4v) is 3.77. The van der Waals surface area contributed by atoms with Gasteiger partial charge in [0.25, 0.3) is 0 Å². The Hall–Kier alpha value is -1.69. The molecule has 0 radical (unpaired) electrons. The summed E-state index contributed by atoms with van der Waals surface area (Å²) in [4.78, 5) is 19.1. The molecule has 0 fully saturated rings. The number of hydrogen-bond donors (Lipinski definition) is 1. The number of urea groups is 1. The number of rotatable bonds is 2. The van der Waals surface area contributed by atoms with E-state index < -0.39 is 0 Å². The number of anilines is 2. The molecule has 4 nitrogen and oxygen atoms in total. The van der Waals surface area contributed by atoms with E-state index in [4.69, 9.17) is 23.2 Å². The van der Waals surface area contributed by atoms with E-state index in [2.05, 4.69) is 24.2 Å². The van der Waals surface area contributed by atoms with Crippen LogP contribution in [0.1, 0.15) is 13.8 Å². The molecular formula is C18H17Cl2N3OS. The largest absolute Gasteiger partial charge is 0.332 e. The van der Waals surface area contributed by atoms with Crippen LogP contribution in [0.4, 0.5) is 16.2 Å². The third kappa shape index (κ3) is 4.48. The number of benzene rings is 2. The van der Waals surface area contributed by atoms with Crippen molar-refractivity contribution in [1.29, 1.82) is 0 Å². The van der Waals surface area contributed by atoms with E-state index in [0.717, 1.165) is 0 Å². The quantitative estimate of drug-likeness (QED) is 0.688. The lowest BCUT2D eigenvalue weighted by Crippen LogP contribution is -2.38. The SMILES string of the molecule is CC1(C)CN=C(N(C(=O)Nc2cccc(Cl)c2)c2cccc(Cl)c2)S1. The van der Waals surface area contributed by atoms with Crippen molar-refractivity contribution in [2.24, 2.45) is 4.99 Å². The predicted octanol–water partition coefficient (Wildman–Crippen LogP) is 5.91. The predicted molar refractivity (Wildman–Crippen MR) is 108 cm³/mol. The average Bonchev–Trinajstić information content (AvgIpc) is 2.87. The molecule has 2 amide bonds. The topological polar surface area (TPSA) is 44.7 Å². The summed E-state index contributed by atoms with van der Waals surface area (Å²) in [6.07, 6.45) is 0. The second-order valence-corrected chi connectivity index (χ2v) is 8.76. The maximum absolute atomic E-state index is 13.0. The zero-order chi connectivity index (χ0) is 18.0. The summed E-state index contributed by atoms with van der Waals surface area (Å²) < 4.78 is -0.0531. The number of hydrogen-bond acceptors (Lipinski definition) is 3. The Labute approximate surface area is 161 Å². The standard InChI is InChI=1S/C18H17Cl2N3OS/c1-18(2)11-21-17(25-18)23(15-8-4-6-13(20)10-15)16(24)22-14-7-3-5-12(19)9-14/h3-10H,11H2,1-2H3,(H,22,24). The molecule has 0 unspecified atom stereocenters.